The van der Waals surface area contributed by atoms with Crippen LogP contribution in [0.3, 0.4) is 0 Å². The van der Waals surface area contributed by atoms with E-state index in [1.165, 1.54) is 6.92 Å². The summed E-state index contributed by atoms with van der Waals surface area (Å²) in [6, 6.07) is 26.0. The van der Waals surface area contributed by atoms with Crippen molar-refractivity contribution >= 4 is 11.8 Å². The highest BCUT2D eigenvalue weighted by atomic mass is 16.5. The number of rotatable bonds is 5. The fraction of sp³-hybridized carbons (Fsp3) is 0.120. The molecule has 0 fully saturated rings. The number of hydrogen-bond acceptors (Lipinski definition) is 3. The van der Waals surface area contributed by atoms with Crippen LogP contribution in [0.15, 0.2) is 84.9 Å². The standard InChI is InChI=1S/C25H20O3/c1-19(26)28-25-15-9-8-14-23(25)22(17-16-20-10-4-2-5-11-20)18-24(27)21-12-6-3-7-13-21/h2-15,22H,18H2,1H3/t22-/m0/s1. The minimum Gasteiger partial charge on any atom is -0.426 e. The van der Waals surface area contributed by atoms with Crippen LogP contribution in [0.25, 0.3) is 0 Å². The van der Waals surface area contributed by atoms with Crippen LogP contribution in [0.1, 0.15) is 40.7 Å². The molecule has 0 unspecified atom stereocenters. The summed E-state index contributed by atoms with van der Waals surface area (Å²) in [7, 11) is 0. The average molecular weight is 368 g/mol. The number of para-hydroxylation sites is 1. The van der Waals surface area contributed by atoms with Gasteiger partial charge in [-0.15, -0.1) is 0 Å². The molecule has 0 aliphatic heterocycles. The first-order valence-corrected chi connectivity index (χ1v) is 9.05. The highest BCUT2D eigenvalue weighted by Gasteiger charge is 2.19. The Balaban J connectivity index is 1.97. The quantitative estimate of drug-likeness (QED) is 0.275. The fourth-order valence-electron chi connectivity index (χ4n) is 2.87. The number of esters is 1. The highest BCUT2D eigenvalue weighted by molar-refractivity contribution is 5.96. The van der Waals surface area contributed by atoms with Gasteiger partial charge < -0.3 is 4.74 Å². The Morgan fingerprint density at radius 3 is 2.14 bits per heavy atom. The van der Waals surface area contributed by atoms with Gasteiger partial charge in [0.2, 0.25) is 0 Å². The number of carbonyl (C=O) groups excluding carboxylic acids is 2. The van der Waals surface area contributed by atoms with Gasteiger partial charge in [-0.25, -0.2) is 0 Å². The maximum atomic E-state index is 12.8. The Hall–Kier alpha value is -3.64. The van der Waals surface area contributed by atoms with Crippen molar-refractivity contribution in [2.75, 3.05) is 0 Å². The van der Waals surface area contributed by atoms with Gasteiger partial charge in [0.15, 0.2) is 5.78 Å². The molecule has 3 aromatic carbocycles. The molecule has 3 aromatic rings. The van der Waals surface area contributed by atoms with Crippen LogP contribution in [0, 0.1) is 11.8 Å². The van der Waals surface area contributed by atoms with Crippen LogP contribution < -0.4 is 4.74 Å². The molecule has 0 saturated heterocycles. The fourth-order valence-corrected chi connectivity index (χ4v) is 2.87. The van der Waals surface area contributed by atoms with Crippen molar-refractivity contribution in [3.63, 3.8) is 0 Å². The predicted octanol–water partition coefficient (Wildman–Crippen LogP) is 5.02. The lowest BCUT2D eigenvalue weighted by atomic mass is 9.91. The average Bonchev–Trinajstić information content (AvgIpc) is 2.72. The molecule has 3 heteroatoms. The van der Waals surface area contributed by atoms with E-state index in [2.05, 4.69) is 11.8 Å². The van der Waals surface area contributed by atoms with Gasteiger partial charge in [-0.05, 0) is 18.2 Å². The third-order valence-electron chi connectivity index (χ3n) is 4.20. The SMILES string of the molecule is CC(=O)Oc1ccccc1[C@@H](C#Cc1ccccc1)CC(=O)c1ccccc1. The summed E-state index contributed by atoms with van der Waals surface area (Å²) in [4.78, 5) is 24.3. The Kier molecular flexibility index (Phi) is 6.38. The van der Waals surface area contributed by atoms with Gasteiger partial charge in [0.05, 0.1) is 5.92 Å². The zero-order valence-electron chi connectivity index (χ0n) is 15.6. The summed E-state index contributed by atoms with van der Waals surface area (Å²) in [5.41, 5.74) is 2.23. The Morgan fingerprint density at radius 1 is 0.857 bits per heavy atom. The second-order valence-corrected chi connectivity index (χ2v) is 6.31. The summed E-state index contributed by atoms with van der Waals surface area (Å²) < 4.78 is 5.35. The minimum atomic E-state index is -0.406. The van der Waals surface area contributed by atoms with Crippen molar-refractivity contribution < 1.29 is 14.3 Å². The van der Waals surface area contributed by atoms with Crippen molar-refractivity contribution in [2.45, 2.75) is 19.3 Å². The lowest BCUT2D eigenvalue weighted by molar-refractivity contribution is -0.131. The minimum absolute atomic E-state index is 0.00871. The van der Waals surface area contributed by atoms with Crippen molar-refractivity contribution in [2.24, 2.45) is 0 Å². The lowest BCUT2D eigenvalue weighted by Crippen LogP contribution is -2.10. The van der Waals surface area contributed by atoms with E-state index < -0.39 is 11.9 Å². The Morgan fingerprint density at radius 2 is 1.46 bits per heavy atom. The van der Waals surface area contributed by atoms with Crippen LogP contribution in [0.2, 0.25) is 0 Å². The molecular formula is C25H20O3. The normalized spacial score (nSPS) is 11.0. The number of carbonyl (C=O) groups is 2. The summed E-state index contributed by atoms with van der Waals surface area (Å²) >= 11 is 0. The van der Waals surface area contributed by atoms with Crippen molar-refractivity contribution in [1.29, 1.82) is 0 Å². The largest absolute Gasteiger partial charge is 0.426 e. The second kappa shape index (κ2) is 9.34. The van der Waals surface area contributed by atoms with E-state index >= 15 is 0 Å². The van der Waals surface area contributed by atoms with Gasteiger partial charge in [0.25, 0.3) is 0 Å². The van der Waals surface area contributed by atoms with Gasteiger partial charge in [0, 0.05) is 30.0 Å². The summed E-state index contributed by atoms with van der Waals surface area (Å²) in [5, 5.41) is 0. The van der Waals surface area contributed by atoms with Crippen LogP contribution in [0.5, 0.6) is 5.75 Å². The van der Waals surface area contributed by atoms with Gasteiger partial charge in [-0.3, -0.25) is 9.59 Å². The number of ether oxygens (including phenoxy) is 1. The summed E-state index contributed by atoms with van der Waals surface area (Å²) in [5.74, 6) is 5.96. The molecular weight excluding hydrogens is 348 g/mol. The van der Waals surface area contributed by atoms with E-state index in [9.17, 15) is 9.59 Å². The molecule has 0 bridgehead atoms. The molecule has 0 aliphatic rings. The molecule has 0 aliphatic carbocycles. The molecule has 0 aromatic heterocycles. The summed E-state index contributed by atoms with van der Waals surface area (Å²) in [6.07, 6.45) is 0.197. The number of benzene rings is 3. The molecule has 28 heavy (non-hydrogen) atoms. The van der Waals surface area contributed by atoms with Gasteiger partial charge in [-0.2, -0.15) is 0 Å². The Bertz CT molecular complexity index is 1010. The molecule has 0 amide bonds. The number of ketones is 1. The van der Waals surface area contributed by atoms with Gasteiger partial charge in [0.1, 0.15) is 5.75 Å². The maximum Gasteiger partial charge on any atom is 0.308 e. The number of hydrogen-bond donors (Lipinski definition) is 0. The monoisotopic (exact) mass is 368 g/mol. The molecule has 0 heterocycles. The molecule has 3 rings (SSSR count). The molecule has 0 spiro atoms. The van der Waals surface area contributed by atoms with E-state index in [-0.39, 0.29) is 12.2 Å². The van der Waals surface area contributed by atoms with Gasteiger partial charge >= 0.3 is 5.97 Å². The molecule has 0 saturated carbocycles. The first-order chi connectivity index (χ1) is 13.6. The van der Waals surface area contributed by atoms with Crippen LogP contribution in [0.4, 0.5) is 0 Å². The van der Waals surface area contributed by atoms with E-state index in [0.717, 1.165) is 11.1 Å². The topological polar surface area (TPSA) is 43.4 Å². The smallest absolute Gasteiger partial charge is 0.308 e. The molecule has 1 atom stereocenters. The predicted molar refractivity (Wildman–Crippen MR) is 109 cm³/mol. The van der Waals surface area contributed by atoms with Gasteiger partial charge in [-0.1, -0.05) is 78.6 Å². The third kappa shape index (κ3) is 5.18. The molecule has 0 radical (unpaired) electrons. The zero-order valence-corrected chi connectivity index (χ0v) is 15.6. The van der Waals surface area contributed by atoms with Crippen molar-refractivity contribution in [3.05, 3.63) is 102 Å². The molecule has 3 nitrogen and oxygen atoms in total. The molecule has 138 valence electrons. The lowest BCUT2D eigenvalue weighted by Gasteiger charge is -2.15. The highest BCUT2D eigenvalue weighted by Crippen LogP contribution is 2.30. The van der Waals surface area contributed by atoms with Crippen LogP contribution >= 0.6 is 0 Å². The first kappa shape index (κ1) is 19.1. The Labute approximate surface area is 165 Å². The maximum absolute atomic E-state index is 12.8. The van der Waals surface area contributed by atoms with Crippen LogP contribution in [-0.4, -0.2) is 11.8 Å². The van der Waals surface area contributed by atoms with Crippen molar-refractivity contribution in [3.8, 4) is 17.6 Å². The number of Topliss-reactive ketones (excluding diaryl/α,β-unsaturated/α-hetero) is 1. The zero-order chi connectivity index (χ0) is 19.8. The second-order valence-electron chi connectivity index (χ2n) is 6.31. The van der Waals surface area contributed by atoms with E-state index in [1.807, 2.05) is 60.7 Å². The van der Waals surface area contributed by atoms with E-state index in [4.69, 9.17) is 4.74 Å². The first-order valence-electron chi connectivity index (χ1n) is 9.05. The van der Waals surface area contributed by atoms with Crippen LogP contribution in [-0.2, 0) is 4.79 Å². The molecule has 0 N–H and O–H groups in total. The van der Waals surface area contributed by atoms with Crippen molar-refractivity contribution in [1.82, 2.24) is 0 Å². The van der Waals surface area contributed by atoms with E-state index in [1.54, 1.807) is 24.3 Å². The summed E-state index contributed by atoms with van der Waals surface area (Å²) in [6.45, 7) is 1.36. The third-order valence-corrected chi connectivity index (χ3v) is 4.20. The van der Waals surface area contributed by atoms with E-state index in [0.29, 0.717) is 11.3 Å².